The molecular formula is C54H35NS. The lowest BCUT2D eigenvalue weighted by Crippen LogP contribution is -2.10. The molecule has 0 atom stereocenters. The van der Waals surface area contributed by atoms with Gasteiger partial charge in [0, 0.05) is 37.2 Å². The Balaban J connectivity index is 1.04. The van der Waals surface area contributed by atoms with Crippen molar-refractivity contribution in [2.24, 2.45) is 0 Å². The third-order valence-corrected chi connectivity index (χ3v) is 12.4. The fraction of sp³-hybridized carbons (Fsp3) is 0. The summed E-state index contributed by atoms with van der Waals surface area (Å²) in [6.07, 6.45) is 0. The third kappa shape index (κ3) is 5.54. The van der Waals surface area contributed by atoms with Gasteiger partial charge in [0.1, 0.15) is 0 Å². The Morgan fingerprint density at radius 2 is 0.661 bits per heavy atom. The molecule has 1 nitrogen and oxygen atoms in total. The number of rotatable bonds is 6. The Hall–Kier alpha value is -7.00. The summed E-state index contributed by atoms with van der Waals surface area (Å²) in [6, 6.07) is 77.7. The largest absolute Gasteiger partial charge is 0.310 e. The minimum atomic E-state index is 1.11. The zero-order valence-corrected chi connectivity index (χ0v) is 31.4. The predicted octanol–water partition coefficient (Wildman–Crippen LogP) is 16.0. The molecule has 0 amide bonds. The van der Waals surface area contributed by atoms with Crippen molar-refractivity contribution in [2.75, 3.05) is 4.90 Å². The molecule has 11 aromatic rings. The average Bonchev–Trinajstić information content (AvgIpc) is 3.65. The van der Waals surface area contributed by atoms with Crippen LogP contribution in [0.2, 0.25) is 0 Å². The molecule has 0 aliphatic carbocycles. The van der Waals surface area contributed by atoms with Crippen molar-refractivity contribution >= 4 is 80.9 Å². The maximum atomic E-state index is 2.40. The number of hydrogen-bond acceptors (Lipinski definition) is 2. The van der Waals surface area contributed by atoms with Gasteiger partial charge in [0.05, 0.1) is 0 Å². The van der Waals surface area contributed by atoms with Crippen molar-refractivity contribution in [3.05, 3.63) is 212 Å². The fourth-order valence-electron chi connectivity index (χ4n) is 8.50. The van der Waals surface area contributed by atoms with Gasteiger partial charge in [0.2, 0.25) is 0 Å². The highest BCUT2D eigenvalue weighted by molar-refractivity contribution is 7.25. The number of nitrogens with zero attached hydrogens (tertiary/aromatic N) is 1. The highest BCUT2D eigenvalue weighted by atomic mass is 32.1. The summed E-state index contributed by atoms with van der Waals surface area (Å²) in [5.41, 5.74) is 10.6. The molecule has 0 saturated heterocycles. The normalized spacial score (nSPS) is 11.6. The van der Waals surface area contributed by atoms with Gasteiger partial charge in [0.25, 0.3) is 0 Å². The van der Waals surface area contributed by atoms with Gasteiger partial charge in [-0.1, -0.05) is 152 Å². The van der Waals surface area contributed by atoms with E-state index in [1.807, 2.05) is 11.3 Å². The second-order valence-corrected chi connectivity index (χ2v) is 15.6. The SMILES string of the molecule is c1ccc(-c2cccc(-c3ccc(N(c4ccc(-c5ccc6sc7ccccc7c6c5)cc4)c4ccc5c6ccccc6c6ccccc6c5c4)cc3)c2)cc1. The smallest absolute Gasteiger partial charge is 0.0468 e. The Bertz CT molecular complexity index is 3200. The second kappa shape index (κ2) is 13.4. The number of thiophene rings is 1. The molecule has 10 aromatic carbocycles. The summed E-state index contributed by atoms with van der Waals surface area (Å²) >= 11 is 1.86. The van der Waals surface area contributed by atoms with Gasteiger partial charge in [-0.2, -0.15) is 0 Å². The van der Waals surface area contributed by atoms with E-state index >= 15 is 0 Å². The zero-order valence-electron chi connectivity index (χ0n) is 30.6. The van der Waals surface area contributed by atoms with Crippen LogP contribution in [0.4, 0.5) is 17.1 Å². The van der Waals surface area contributed by atoms with E-state index in [2.05, 4.69) is 217 Å². The van der Waals surface area contributed by atoms with E-state index in [0.29, 0.717) is 0 Å². The average molecular weight is 730 g/mol. The van der Waals surface area contributed by atoms with Crippen LogP contribution in [0.15, 0.2) is 212 Å². The van der Waals surface area contributed by atoms with Crippen LogP contribution >= 0.6 is 11.3 Å². The van der Waals surface area contributed by atoms with Gasteiger partial charge < -0.3 is 4.90 Å². The molecule has 11 rings (SSSR count). The molecule has 0 aliphatic rings. The van der Waals surface area contributed by atoms with E-state index in [4.69, 9.17) is 0 Å². The molecule has 1 aromatic heterocycles. The van der Waals surface area contributed by atoms with E-state index in [1.54, 1.807) is 0 Å². The molecule has 0 bridgehead atoms. The van der Waals surface area contributed by atoms with Crippen molar-refractivity contribution < 1.29 is 0 Å². The molecule has 0 N–H and O–H groups in total. The fourth-order valence-corrected chi connectivity index (χ4v) is 9.59. The topological polar surface area (TPSA) is 3.24 Å². The molecule has 2 heteroatoms. The second-order valence-electron chi connectivity index (χ2n) is 14.5. The van der Waals surface area contributed by atoms with Crippen LogP contribution in [0, 0.1) is 0 Å². The molecule has 0 aliphatic heterocycles. The Morgan fingerprint density at radius 3 is 1.29 bits per heavy atom. The summed E-state index contributed by atoms with van der Waals surface area (Å²) < 4.78 is 2.65. The maximum Gasteiger partial charge on any atom is 0.0468 e. The van der Waals surface area contributed by atoms with Gasteiger partial charge in [0.15, 0.2) is 0 Å². The highest BCUT2D eigenvalue weighted by Crippen LogP contribution is 2.42. The lowest BCUT2D eigenvalue weighted by atomic mass is 9.94. The Morgan fingerprint density at radius 1 is 0.232 bits per heavy atom. The lowest BCUT2D eigenvalue weighted by Gasteiger charge is -2.27. The van der Waals surface area contributed by atoms with Crippen LogP contribution in [0.25, 0.3) is 85.9 Å². The first kappa shape index (κ1) is 32.4. The van der Waals surface area contributed by atoms with Crippen LogP contribution in [0.5, 0.6) is 0 Å². The molecule has 0 spiro atoms. The van der Waals surface area contributed by atoms with Crippen molar-refractivity contribution in [1.29, 1.82) is 0 Å². The van der Waals surface area contributed by atoms with Crippen molar-refractivity contribution in [3.63, 3.8) is 0 Å². The van der Waals surface area contributed by atoms with Crippen LogP contribution in [-0.2, 0) is 0 Å². The summed E-state index contributed by atoms with van der Waals surface area (Å²) in [5, 5.41) is 10.3. The zero-order chi connectivity index (χ0) is 37.0. The summed E-state index contributed by atoms with van der Waals surface area (Å²) in [4.78, 5) is 2.40. The molecule has 0 fully saturated rings. The van der Waals surface area contributed by atoms with Crippen LogP contribution in [-0.4, -0.2) is 0 Å². The molecule has 0 saturated carbocycles. The lowest BCUT2D eigenvalue weighted by molar-refractivity contribution is 1.29. The molecule has 56 heavy (non-hydrogen) atoms. The van der Waals surface area contributed by atoms with Crippen LogP contribution < -0.4 is 4.90 Å². The monoisotopic (exact) mass is 729 g/mol. The number of benzene rings is 10. The van der Waals surface area contributed by atoms with Gasteiger partial charge in [-0.15, -0.1) is 11.3 Å². The first-order valence-electron chi connectivity index (χ1n) is 19.2. The number of hydrogen-bond donors (Lipinski definition) is 0. The number of anilines is 3. The standard InChI is InChI=1S/C54H35NS/c1-2-11-36(12-3-1)39-13-10-14-40(33-39)37-21-26-42(27-22-37)55(44-30-31-49-47-17-5-4-15-45(47)46-16-6-7-18-48(46)51(49)35-44)43-28-23-38(24-29-43)41-25-32-54-52(34-41)50-19-8-9-20-53(50)56-54/h1-35H. The van der Waals surface area contributed by atoms with Gasteiger partial charge in [-0.25, -0.2) is 0 Å². The quantitative estimate of drug-likeness (QED) is 0.154. The number of fused-ring (bicyclic) bond motifs is 9. The summed E-state index contributed by atoms with van der Waals surface area (Å²) in [7, 11) is 0. The predicted molar refractivity (Wildman–Crippen MR) is 243 cm³/mol. The summed E-state index contributed by atoms with van der Waals surface area (Å²) in [5.74, 6) is 0. The molecule has 262 valence electrons. The Kier molecular flexibility index (Phi) is 7.75. The van der Waals surface area contributed by atoms with Crippen LogP contribution in [0.1, 0.15) is 0 Å². The van der Waals surface area contributed by atoms with E-state index in [1.165, 1.54) is 85.9 Å². The van der Waals surface area contributed by atoms with Crippen LogP contribution in [0.3, 0.4) is 0 Å². The van der Waals surface area contributed by atoms with Gasteiger partial charge in [-0.3, -0.25) is 0 Å². The van der Waals surface area contributed by atoms with E-state index in [0.717, 1.165) is 17.1 Å². The first-order chi connectivity index (χ1) is 27.7. The van der Waals surface area contributed by atoms with E-state index < -0.39 is 0 Å². The third-order valence-electron chi connectivity index (χ3n) is 11.3. The van der Waals surface area contributed by atoms with Gasteiger partial charge in [-0.05, 0) is 126 Å². The summed E-state index contributed by atoms with van der Waals surface area (Å²) in [6.45, 7) is 0. The van der Waals surface area contributed by atoms with Crippen molar-refractivity contribution in [1.82, 2.24) is 0 Å². The molecular weight excluding hydrogens is 695 g/mol. The maximum absolute atomic E-state index is 2.40. The van der Waals surface area contributed by atoms with E-state index in [9.17, 15) is 0 Å². The first-order valence-corrected chi connectivity index (χ1v) is 20.0. The molecule has 0 radical (unpaired) electrons. The minimum Gasteiger partial charge on any atom is -0.310 e. The van der Waals surface area contributed by atoms with Gasteiger partial charge >= 0.3 is 0 Å². The van der Waals surface area contributed by atoms with Crippen molar-refractivity contribution in [2.45, 2.75) is 0 Å². The van der Waals surface area contributed by atoms with Crippen molar-refractivity contribution in [3.8, 4) is 33.4 Å². The highest BCUT2D eigenvalue weighted by Gasteiger charge is 2.17. The Labute approximate surface area is 330 Å². The van der Waals surface area contributed by atoms with E-state index in [-0.39, 0.29) is 0 Å². The molecule has 0 unspecified atom stereocenters. The minimum absolute atomic E-state index is 1.11. The molecule has 1 heterocycles.